The molecule has 1 atom stereocenters. The van der Waals surface area contributed by atoms with Gasteiger partial charge in [-0.3, -0.25) is 0 Å². The largest absolute Gasteiger partial charge is 0.507 e. The summed E-state index contributed by atoms with van der Waals surface area (Å²) < 4.78 is 5.36. The van der Waals surface area contributed by atoms with Gasteiger partial charge in [0.1, 0.15) is 17.9 Å². The van der Waals surface area contributed by atoms with E-state index in [0.29, 0.717) is 5.57 Å². The first-order valence-electron chi connectivity index (χ1n) is 6.35. The van der Waals surface area contributed by atoms with Gasteiger partial charge in [-0.25, -0.2) is 4.79 Å². The molecule has 0 aliphatic carbocycles. The molecule has 0 spiro atoms. The summed E-state index contributed by atoms with van der Waals surface area (Å²) in [6, 6.07) is 5.93. The maximum atomic E-state index is 12.2. The number of benzene rings is 1. The molecule has 1 unspecified atom stereocenters. The second-order valence-electron chi connectivity index (χ2n) is 4.63. The van der Waals surface area contributed by atoms with Gasteiger partial charge in [0.15, 0.2) is 0 Å². The van der Waals surface area contributed by atoms with Crippen LogP contribution in [0.1, 0.15) is 17.3 Å². The monoisotopic (exact) mass is 306 g/mol. The molecule has 0 bridgehead atoms. The van der Waals surface area contributed by atoms with Gasteiger partial charge in [0.2, 0.25) is 5.72 Å². The number of carbonyl (C=O) groups excluding carboxylic acids is 1. The Morgan fingerprint density at radius 2 is 2.18 bits per heavy atom. The standard InChI is InChI=1S/C14H14N2O6/c1-14(10(5-4-8-15-14)9-21-16(19)20)22-13(18)11-6-2-3-7-12(11)17/h2-8,15,17H,9H2,1H3. The van der Waals surface area contributed by atoms with Crippen molar-refractivity contribution in [2.75, 3.05) is 6.61 Å². The molecule has 0 fully saturated rings. The van der Waals surface area contributed by atoms with Gasteiger partial charge < -0.3 is 20.0 Å². The van der Waals surface area contributed by atoms with E-state index in [9.17, 15) is 20.0 Å². The zero-order chi connectivity index (χ0) is 16.2. The zero-order valence-electron chi connectivity index (χ0n) is 11.7. The third-order valence-electron chi connectivity index (χ3n) is 3.11. The average Bonchev–Trinajstić information content (AvgIpc) is 2.46. The van der Waals surface area contributed by atoms with Gasteiger partial charge in [0.05, 0.1) is 0 Å². The Morgan fingerprint density at radius 3 is 2.86 bits per heavy atom. The molecule has 22 heavy (non-hydrogen) atoms. The van der Waals surface area contributed by atoms with Gasteiger partial charge >= 0.3 is 5.97 Å². The number of hydrogen-bond donors (Lipinski definition) is 2. The van der Waals surface area contributed by atoms with E-state index in [-0.39, 0.29) is 17.9 Å². The first kappa shape index (κ1) is 15.4. The molecule has 8 heteroatoms. The number of dihydropyridines is 1. The number of ether oxygens (including phenoxy) is 1. The summed E-state index contributed by atoms with van der Waals surface area (Å²) in [5, 5.41) is 21.9. The van der Waals surface area contributed by atoms with Crippen molar-refractivity contribution in [3.63, 3.8) is 0 Å². The van der Waals surface area contributed by atoms with E-state index in [1.807, 2.05) is 0 Å². The molecular weight excluding hydrogens is 292 g/mol. The van der Waals surface area contributed by atoms with Crippen molar-refractivity contribution in [1.29, 1.82) is 0 Å². The summed E-state index contributed by atoms with van der Waals surface area (Å²) in [4.78, 5) is 26.8. The second kappa shape index (κ2) is 6.17. The van der Waals surface area contributed by atoms with Crippen LogP contribution in [0.4, 0.5) is 0 Å². The summed E-state index contributed by atoms with van der Waals surface area (Å²) >= 11 is 0. The lowest BCUT2D eigenvalue weighted by atomic mass is 10.0. The minimum Gasteiger partial charge on any atom is -0.507 e. The SMILES string of the molecule is CC1(OC(=O)c2ccccc2O)NC=CC=C1CO[N+](=O)[O-]. The Balaban J connectivity index is 2.17. The van der Waals surface area contributed by atoms with E-state index in [1.54, 1.807) is 24.3 Å². The first-order chi connectivity index (χ1) is 10.4. The summed E-state index contributed by atoms with van der Waals surface area (Å²) in [7, 11) is 0. The van der Waals surface area contributed by atoms with E-state index in [1.165, 1.54) is 25.3 Å². The van der Waals surface area contributed by atoms with Crippen molar-refractivity contribution < 1.29 is 24.6 Å². The van der Waals surface area contributed by atoms with E-state index in [2.05, 4.69) is 10.2 Å². The van der Waals surface area contributed by atoms with Crippen LogP contribution >= 0.6 is 0 Å². The van der Waals surface area contributed by atoms with Crippen molar-refractivity contribution in [3.8, 4) is 5.75 Å². The van der Waals surface area contributed by atoms with Crippen LogP contribution in [0.15, 0.2) is 48.2 Å². The van der Waals surface area contributed by atoms with Gasteiger partial charge in [-0.15, -0.1) is 10.1 Å². The zero-order valence-corrected chi connectivity index (χ0v) is 11.7. The number of phenolic OH excluding ortho intramolecular Hbond substituents is 1. The fraction of sp³-hybridized carbons (Fsp3) is 0.214. The Morgan fingerprint density at radius 1 is 1.45 bits per heavy atom. The number of aromatic hydroxyl groups is 1. The molecule has 2 rings (SSSR count). The number of esters is 1. The molecule has 0 amide bonds. The predicted octanol–water partition coefficient (Wildman–Crippen LogP) is 1.52. The van der Waals surface area contributed by atoms with Gasteiger partial charge in [-0.2, -0.15) is 0 Å². The van der Waals surface area contributed by atoms with E-state index >= 15 is 0 Å². The normalized spacial score (nSPS) is 19.8. The molecule has 1 aromatic rings. The first-order valence-corrected chi connectivity index (χ1v) is 6.35. The third-order valence-corrected chi connectivity index (χ3v) is 3.11. The van der Waals surface area contributed by atoms with Gasteiger partial charge in [0, 0.05) is 11.8 Å². The number of allylic oxidation sites excluding steroid dienone is 2. The van der Waals surface area contributed by atoms with Gasteiger partial charge in [0.25, 0.3) is 5.09 Å². The summed E-state index contributed by atoms with van der Waals surface area (Å²) in [5.41, 5.74) is -0.963. The summed E-state index contributed by atoms with van der Waals surface area (Å²) in [5.74, 6) is -0.982. The lowest BCUT2D eigenvalue weighted by Gasteiger charge is -2.33. The summed E-state index contributed by atoms with van der Waals surface area (Å²) in [6.45, 7) is 1.18. The molecular formula is C14H14N2O6. The van der Waals surface area contributed by atoms with Crippen molar-refractivity contribution in [2.45, 2.75) is 12.6 Å². The number of nitrogens with zero attached hydrogens (tertiary/aromatic N) is 1. The van der Waals surface area contributed by atoms with Crippen LogP contribution in [-0.2, 0) is 9.57 Å². The molecule has 8 nitrogen and oxygen atoms in total. The predicted molar refractivity (Wildman–Crippen MR) is 75.2 cm³/mol. The molecule has 0 saturated carbocycles. The fourth-order valence-electron chi connectivity index (χ4n) is 1.91. The Bertz CT molecular complexity index is 654. The Kier molecular flexibility index (Phi) is 4.31. The topological polar surface area (TPSA) is 111 Å². The average molecular weight is 306 g/mol. The van der Waals surface area contributed by atoms with Crippen LogP contribution in [0.2, 0.25) is 0 Å². The highest BCUT2D eigenvalue weighted by Gasteiger charge is 2.35. The van der Waals surface area contributed by atoms with Crippen molar-refractivity contribution in [2.24, 2.45) is 0 Å². The molecule has 1 aliphatic heterocycles. The maximum Gasteiger partial charge on any atom is 0.344 e. The highest BCUT2D eigenvalue weighted by atomic mass is 16.9. The van der Waals surface area contributed by atoms with E-state index in [0.717, 1.165) is 0 Å². The van der Waals surface area contributed by atoms with Crippen molar-refractivity contribution >= 4 is 5.97 Å². The van der Waals surface area contributed by atoms with Crippen molar-refractivity contribution in [1.82, 2.24) is 5.32 Å². The molecule has 1 aromatic carbocycles. The maximum absolute atomic E-state index is 12.2. The molecule has 0 aromatic heterocycles. The summed E-state index contributed by atoms with van der Waals surface area (Å²) in [6.07, 6.45) is 4.69. The lowest BCUT2D eigenvalue weighted by Crippen LogP contribution is -2.48. The van der Waals surface area contributed by atoms with Crippen LogP contribution in [0, 0.1) is 10.1 Å². The molecule has 1 aliphatic rings. The number of para-hydroxylation sites is 1. The van der Waals surface area contributed by atoms with E-state index < -0.39 is 16.8 Å². The Hall–Kier alpha value is -3.03. The quantitative estimate of drug-likeness (QED) is 0.482. The van der Waals surface area contributed by atoms with Crippen LogP contribution in [0.3, 0.4) is 0 Å². The molecule has 116 valence electrons. The molecule has 1 heterocycles. The van der Waals surface area contributed by atoms with Crippen molar-refractivity contribution in [3.05, 3.63) is 63.9 Å². The smallest absolute Gasteiger partial charge is 0.344 e. The van der Waals surface area contributed by atoms with Crippen LogP contribution in [-0.4, -0.2) is 28.5 Å². The number of carbonyl (C=O) groups is 1. The minimum atomic E-state index is -1.32. The highest BCUT2D eigenvalue weighted by molar-refractivity contribution is 5.92. The molecule has 0 radical (unpaired) electrons. The number of rotatable bonds is 5. The minimum absolute atomic E-state index is 0.00498. The third kappa shape index (κ3) is 3.35. The van der Waals surface area contributed by atoms with E-state index in [4.69, 9.17) is 4.74 Å². The molecule has 0 saturated heterocycles. The lowest BCUT2D eigenvalue weighted by molar-refractivity contribution is -0.755. The number of phenols is 1. The van der Waals surface area contributed by atoms with Crippen LogP contribution in [0.25, 0.3) is 0 Å². The number of hydrogen-bond acceptors (Lipinski definition) is 7. The molecule has 2 N–H and O–H groups in total. The van der Waals surface area contributed by atoms with Crippen LogP contribution < -0.4 is 5.32 Å². The Labute approximate surface area is 125 Å². The second-order valence-corrected chi connectivity index (χ2v) is 4.63. The highest BCUT2D eigenvalue weighted by Crippen LogP contribution is 2.25. The number of nitrogens with one attached hydrogen (secondary N) is 1. The fourth-order valence-corrected chi connectivity index (χ4v) is 1.91. The van der Waals surface area contributed by atoms with Crippen LogP contribution in [0.5, 0.6) is 5.75 Å². The van der Waals surface area contributed by atoms with Gasteiger partial charge in [-0.1, -0.05) is 18.2 Å². The van der Waals surface area contributed by atoms with Gasteiger partial charge in [-0.05, 0) is 25.1 Å².